The van der Waals surface area contributed by atoms with Crippen LogP contribution in [-0.4, -0.2) is 47.0 Å². The molecule has 2 rings (SSSR count). The van der Waals surface area contributed by atoms with Crippen LogP contribution in [0.2, 0.25) is 10.2 Å². The first-order valence-electron chi connectivity index (χ1n) is 9.25. The zero-order chi connectivity index (χ0) is 19.1. The normalized spacial score (nSPS) is 18.1. The SMILES string of the molecule is CCNC(=NCc1cc(Cl)c(Cl)n1C)NCCC(=O)N1CCCCC1C. The molecule has 2 N–H and O–H groups in total. The van der Waals surface area contributed by atoms with Crippen molar-refractivity contribution in [2.45, 2.75) is 52.1 Å². The zero-order valence-electron chi connectivity index (χ0n) is 15.8. The summed E-state index contributed by atoms with van der Waals surface area (Å²) in [4.78, 5) is 19.0. The van der Waals surface area contributed by atoms with Crippen molar-refractivity contribution in [3.63, 3.8) is 0 Å². The van der Waals surface area contributed by atoms with E-state index in [1.54, 1.807) is 0 Å². The number of piperidine rings is 1. The first kappa shape index (κ1) is 20.9. The Morgan fingerprint density at radius 2 is 2.12 bits per heavy atom. The summed E-state index contributed by atoms with van der Waals surface area (Å²) < 4.78 is 1.82. The van der Waals surface area contributed by atoms with Gasteiger partial charge in [0.1, 0.15) is 5.15 Å². The van der Waals surface area contributed by atoms with Crippen LogP contribution in [0.4, 0.5) is 0 Å². The summed E-state index contributed by atoms with van der Waals surface area (Å²) in [5, 5.41) is 7.46. The van der Waals surface area contributed by atoms with E-state index in [0.717, 1.165) is 31.6 Å². The third kappa shape index (κ3) is 5.55. The minimum absolute atomic E-state index is 0.210. The number of carbonyl (C=O) groups is 1. The lowest BCUT2D eigenvalue weighted by molar-refractivity contribution is -0.134. The maximum atomic E-state index is 12.4. The number of hydrogen-bond donors (Lipinski definition) is 2. The van der Waals surface area contributed by atoms with Gasteiger partial charge in [0, 0.05) is 44.8 Å². The van der Waals surface area contributed by atoms with E-state index in [1.165, 1.54) is 6.42 Å². The van der Waals surface area contributed by atoms with Gasteiger partial charge in [-0.3, -0.25) is 4.79 Å². The number of nitrogens with zero attached hydrogens (tertiary/aromatic N) is 3. The lowest BCUT2D eigenvalue weighted by Crippen LogP contribution is -2.44. The number of rotatable bonds is 6. The Morgan fingerprint density at radius 1 is 1.35 bits per heavy atom. The number of nitrogens with one attached hydrogen (secondary N) is 2. The Bertz CT molecular complexity index is 644. The average Bonchev–Trinajstić information content (AvgIpc) is 2.87. The monoisotopic (exact) mass is 401 g/mol. The van der Waals surface area contributed by atoms with E-state index in [4.69, 9.17) is 23.2 Å². The van der Waals surface area contributed by atoms with Crippen LogP contribution >= 0.6 is 23.2 Å². The van der Waals surface area contributed by atoms with Crippen LogP contribution < -0.4 is 10.6 Å². The molecule has 0 aromatic carbocycles. The van der Waals surface area contributed by atoms with Crippen LogP contribution in [-0.2, 0) is 18.4 Å². The number of amides is 1. The van der Waals surface area contributed by atoms with Crippen molar-refractivity contribution in [2.75, 3.05) is 19.6 Å². The van der Waals surface area contributed by atoms with E-state index in [0.29, 0.717) is 41.7 Å². The van der Waals surface area contributed by atoms with Gasteiger partial charge in [-0.05, 0) is 39.2 Å². The van der Waals surface area contributed by atoms with E-state index >= 15 is 0 Å². The van der Waals surface area contributed by atoms with Crippen molar-refractivity contribution in [3.8, 4) is 0 Å². The highest BCUT2D eigenvalue weighted by molar-refractivity contribution is 6.41. The minimum atomic E-state index is 0.210. The van der Waals surface area contributed by atoms with Gasteiger partial charge in [0.25, 0.3) is 0 Å². The first-order valence-corrected chi connectivity index (χ1v) is 10.0. The molecule has 1 aliphatic heterocycles. The number of aromatic nitrogens is 1. The highest BCUT2D eigenvalue weighted by Gasteiger charge is 2.22. The maximum absolute atomic E-state index is 12.4. The molecule has 1 amide bonds. The highest BCUT2D eigenvalue weighted by atomic mass is 35.5. The second-order valence-electron chi connectivity index (χ2n) is 6.64. The summed E-state index contributed by atoms with van der Waals surface area (Å²) in [6.45, 7) is 6.78. The van der Waals surface area contributed by atoms with Gasteiger partial charge < -0.3 is 20.1 Å². The molecule has 2 heterocycles. The topological polar surface area (TPSA) is 61.7 Å². The third-order valence-corrected chi connectivity index (χ3v) is 5.56. The van der Waals surface area contributed by atoms with Gasteiger partial charge in [0.2, 0.25) is 5.91 Å². The van der Waals surface area contributed by atoms with Crippen molar-refractivity contribution < 1.29 is 4.79 Å². The Labute approximate surface area is 165 Å². The quantitative estimate of drug-likeness (QED) is 0.568. The average molecular weight is 402 g/mol. The Balaban J connectivity index is 1.87. The summed E-state index contributed by atoms with van der Waals surface area (Å²) in [5.74, 6) is 0.891. The predicted molar refractivity (Wildman–Crippen MR) is 108 cm³/mol. The fourth-order valence-corrected chi connectivity index (χ4v) is 3.56. The molecule has 1 aromatic heterocycles. The Kier molecular flexibility index (Phi) is 8.10. The predicted octanol–water partition coefficient (Wildman–Crippen LogP) is 3.18. The van der Waals surface area contributed by atoms with Gasteiger partial charge in [0.15, 0.2) is 5.96 Å². The molecule has 0 spiro atoms. The van der Waals surface area contributed by atoms with Gasteiger partial charge in [-0.15, -0.1) is 0 Å². The molecule has 8 heteroatoms. The summed E-state index contributed by atoms with van der Waals surface area (Å²) in [5.41, 5.74) is 0.926. The van der Waals surface area contributed by atoms with E-state index in [-0.39, 0.29) is 5.91 Å². The zero-order valence-corrected chi connectivity index (χ0v) is 17.3. The van der Waals surface area contributed by atoms with Gasteiger partial charge in [-0.25, -0.2) is 4.99 Å². The molecular weight excluding hydrogens is 373 g/mol. The molecule has 0 bridgehead atoms. The van der Waals surface area contributed by atoms with Crippen LogP contribution in [0.3, 0.4) is 0 Å². The largest absolute Gasteiger partial charge is 0.357 e. The lowest BCUT2D eigenvalue weighted by atomic mass is 10.0. The van der Waals surface area contributed by atoms with Crippen LogP contribution in [0.15, 0.2) is 11.1 Å². The van der Waals surface area contributed by atoms with Gasteiger partial charge in [-0.1, -0.05) is 23.2 Å². The van der Waals surface area contributed by atoms with Crippen LogP contribution in [0.5, 0.6) is 0 Å². The first-order chi connectivity index (χ1) is 12.4. The highest BCUT2D eigenvalue weighted by Crippen LogP contribution is 2.25. The van der Waals surface area contributed by atoms with Gasteiger partial charge in [0.05, 0.1) is 11.6 Å². The number of guanidine groups is 1. The molecule has 0 radical (unpaired) electrons. The summed E-state index contributed by atoms with van der Waals surface area (Å²) in [7, 11) is 1.86. The molecule has 1 aromatic rings. The molecule has 146 valence electrons. The van der Waals surface area contributed by atoms with Crippen LogP contribution in [0, 0.1) is 0 Å². The van der Waals surface area contributed by atoms with E-state index in [9.17, 15) is 4.79 Å². The number of halogens is 2. The van der Waals surface area contributed by atoms with Gasteiger partial charge >= 0.3 is 0 Å². The molecule has 1 fully saturated rings. The molecule has 26 heavy (non-hydrogen) atoms. The van der Waals surface area contributed by atoms with Crippen LogP contribution in [0.25, 0.3) is 0 Å². The molecule has 6 nitrogen and oxygen atoms in total. The summed E-state index contributed by atoms with van der Waals surface area (Å²) in [6.07, 6.45) is 3.89. The molecule has 1 aliphatic rings. The molecule has 1 atom stereocenters. The van der Waals surface area contributed by atoms with Crippen molar-refractivity contribution in [3.05, 3.63) is 21.9 Å². The van der Waals surface area contributed by atoms with Crippen molar-refractivity contribution >= 4 is 35.1 Å². The molecule has 1 unspecified atom stereocenters. The smallest absolute Gasteiger partial charge is 0.224 e. The molecule has 0 saturated carbocycles. The fraction of sp³-hybridized carbons (Fsp3) is 0.667. The van der Waals surface area contributed by atoms with E-state index in [1.807, 2.05) is 29.5 Å². The van der Waals surface area contributed by atoms with E-state index in [2.05, 4.69) is 22.5 Å². The molecule has 0 aliphatic carbocycles. The number of likely N-dealkylation sites (tertiary alicyclic amines) is 1. The third-order valence-electron chi connectivity index (χ3n) is 4.71. The second-order valence-corrected chi connectivity index (χ2v) is 7.40. The number of carbonyl (C=O) groups excluding carboxylic acids is 1. The van der Waals surface area contributed by atoms with Crippen LogP contribution in [0.1, 0.15) is 45.2 Å². The summed E-state index contributed by atoms with van der Waals surface area (Å²) >= 11 is 12.1. The molecule has 1 saturated heterocycles. The van der Waals surface area contributed by atoms with Crippen molar-refractivity contribution in [1.29, 1.82) is 0 Å². The number of hydrogen-bond acceptors (Lipinski definition) is 2. The lowest BCUT2D eigenvalue weighted by Gasteiger charge is -2.33. The maximum Gasteiger partial charge on any atom is 0.224 e. The Hall–Kier alpha value is -1.40. The second kappa shape index (κ2) is 10.1. The van der Waals surface area contributed by atoms with Gasteiger partial charge in [-0.2, -0.15) is 0 Å². The standard InChI is InChI=1S/C18H29Cl2N5O/c1-4-21-18(23-12-14-11-15(19)17(20)24(14)3)22-9-8-16(26)25-10-6-5-7-13(25)2/h11,13H,4-10,12H2,1-3H3,(H2,21,22,23). The van der Waals surface area contributed by atoms with Crippen molar-refractivity contribution in [2.24, 2.45) is 12.0 Å². The number of aliphatic imine (C=N–C) groups is 1. The summed E-state index contributed by atoms with van der Waals surface area (Å²) in [6, 6.07) is 2.17. The fourth-order valence-electron chi connectivity index (χ4n) is 3.14. The Morgan fingerprint density at radius 3 is 2.73 bits per heavy atom. The minimum Gasteiger partial charge on any atom is -0.357 e. The van der Waals surface area contributed by atoms with E-state index < -0.39 is 0 Å². The van der Waals surface area contributed by atoms with Crippen molar-refractivity contribution in [1.82, 2.24) is 20.1 Å². The molecular formula is C18H29Cl2N5O.